The molecule has 92 valence electrons. The second-order valence-corrected chi connectivity index (χ2v) is 4.53. The van der Waals surface area contributed by atoms with Crippen molar-refractivity contribution in [3.05, 3.63) is 58.9 Å². The Morgan fingerprint density at radius 1 is 1.22 bits per heavy atom. The van der Waals surface area contributed by atoms with Crippen LogP contribution in [-0.2, 0) is 6.42 Å². The predicted molar refractivity (Wildman–Crippen MR) is 65.2 cm³/mol. The van der Waals surface area contributed by atoms with Crippen molar-refractivity contribution in [2.24, 2.45) is 0 Å². The van der Waals surface area contributed by atoms with E-state index in [4.69, 9.17) is 5.73 Å². The molecule has 1 atom stereocenters. The number of pyridine rings is 1. The van der Waals surface area contributed by atoms with Crippen molar-refractivity contribution in [2.75, 3.05) is 5.73 Å². The molecular weight excluding hydrogens is 234 g/mol. The fraction of sp³-hybridized carbons (Fsp3) is 0.214. The number of hydrogen-bond acceptors (Lipinski definition) is 2. The average molecular weight is 246 g/mol. The minimum atomic E-state index is -0.573. The molecule has 1 aliphatic carbocycles. The van der Waals surface area contributed by atoms with Gasteiger partial charge in [-0.3, -0.25) is 4.98 Å². The normalized spacial score (nSPS) is 17.8. The smallest absolute Gasteiger partial charge is 0.146 e. The van der Waals surface area contributed by atoms with E-state index in [1.54, 1.807) is 6.20 Å². The van der Waals surface area contributed by atoms with Crippen molar-refractivity contribution in [2.45, 2.75) is 18.8 Å². The summed E-state index contributed by atoms with van der Waals surface area (Å²) in [5.41, 5.74) is 7.50. The molecule has 3 rings (SSSR count). The second kappa shape index (κ2) is 4.05. The monoisotopic (exact) mass is 246 g/mol. The van der Waals surface area contributed by atoms with Crippen molar-refractivity contribution in [3.63, 3.8) is 0 Å². The highest BCUT2D eigenvalue weighted by Gasteiger charge is 2.28. The summed E-state index contributed by atoms with van der Waals surface area (Å²) >= 11 is 0. The van der Waals surface area contributed by atoms with Gasteiger partial charge in [0.15, 0.2) is 0 Å². The van der Waals surface area contributed by atoms with Crippen LogP contribution in [0.4, 0.5) is 14.5 Å². The van der Waals surface area contributed by atoms with Crippen LogP contribution in [-0.4, -0.2) is 4.98 Å². The Morgan fingerprint density at radius 3 is 2.89 bits per heavy atom. The van der Waals surface area contributed by atoms with E-state index in [1.807, 2.05) is 12.1 Å². The molecule has 4 heteroatoms. The third kappa shape index (κ3) is 1.65. The van der Waals surface area contributed by atoms with Gasteiger partial charge in [0, 0.05) is 18.2 Å². The molecule has 1 unspecified atom stereocenters. The molecule has 2 N–H and O–H groups in total. The van der Waals surface area contributed by atoms with Crippen LogP contribution in [0.1, 0.15) is 29.2 Å². The van der Waals surface area contributed by atoms with Gasteiger partial charge in [0.1, 0.15) is 11.6 Å². The fourth-order valence-electron chi connectivity index (χ4n) is 2.56. The lowest BCUT2D eigenvalue weighted by Gasteiger charge is -2.13. The van der Waals surface area contributed by atoms with Crippen molar-refractivity contribution < 1.29 is 8.78 Å². The van der Waals surface area contributed by atoms with E-state index < -0.39 is 11.6 Å². The van der Waals surface area contributed by atoms with E-state index in [0.717, 1.165) is 30.2 Å². The van der Waals surface area contributed by atoms with Crippen LogP contribution < -0.4 is 5.73 Å². The molecule has 0 spiro atoms. The number of rotatable bonds is 1. The Morgan fingerprint density at radius 2 is 2.06 bits per heavy atom. The summed E-state index contributed by atoms with van der Waals surface area (Å²) in [5, 5.41) is 0. The van der Waals surface area contributed by atoms with E-state index in [2.05, 4.69) is 4.98 Å². The number of fused-ring (bicyclic) bond motifs is 1. The van der Waals surface area contributed by atoms with E-state index in [1.165, 1.54) is 6.07 Å². The van der Waals surface area contributed by atoms with E-state index in [9.17, 15) is 8.78 Å². The number of benzene rings is 1. The van der Waals surface area contributed by atoms with Crippen LogP contribution in [0, 0.1) is 11.6 Å². The standard InChI is InChI=1S/C14H12F2N2/c15-11-7-13(17)12(16)6-10(11)9-4-3-8-2-1-5-18-14(8)9/h1-2,5-7,9H,3-4,17H2. The Balaban J connectivity index is 2.10. The summed E-state index contributed by atoms with van der Waals surface area (Å²) in [5.74, 6) is -1.20. The number of aryl methyl sites for hydroxylation is 1. The average Bonchev–Trinajstić information content (AvgIpc) is 2.78. The summed E-state index contributed by atoms with van der Waals surface area (Å²) in [7, 11) is 0. The largest absolute Gasteiger partial charge is 0.396 e. The Bertz CT molecular complexity index is 611. The third-order valence-electron chi connectivity index (χ3n) is 3.45. The van der Waals surface area contributed by atoms with Crippen LogP contribution >= 0.6 is 0 Å². The molecule has 0 aliphatic heterocycles. The second-order valence-electron chi connectivity index (χ2n) is 4.53. The van der Waals surface area contributed by atoms with Gasteiger partial charge < -0.3 is 5.73 Å². The quantitative estimate of drug-likeness (QED) is 0.785. The molecule has 0 saturated heterocycles. The van der Waals surface area contributed by atoms with Crippen molar-refractivity contribution in [3.8, 4) is 0 Å². The highest BCUT2D eigenvalue weighted by atomic mass is 19.1. The van der Waals surface area contributed by atoms with Crippen LogP contribution in [0.5, 0.6) is 0 Å². The molecule has 1 aliphatic rings. The first-order valence-corrected chi connectivity index (χ1v) is 5.85. The molecule has 1 aromatic carbocycles. The minimum absolute atomic E-state index is 0.157. The molecule has 2 nitrogen and oxygen atoms in total. The molecule has 0 amide bonds. The summed E-state index contributed by atoms with van der Waals surface area (Å²) in [4.78, 5) is 4.29. The van der Waals surface area contributed by atoms with Gasteiger partial charge in [-0.15, -0.1) is 0 Å². The number of halogens is 2. The van der Waals surface area contributed by atoms with Gasteiger partial charge in [0.2, 0.25) is 0 Å². The van der Waals surface area contributed by atoms with Gasteiger partial charge >= 0.3 is 0 Å². The summed E-state index contributed by atoms with van der Waals surface area (Å²) in [6.45, 7) is 0. The van der Waals surface area contributed by atoms with Crippen LogP contribution in [0.2, 0.25) is 0 Å². The highest BCUT2D eigenvalue weighted by Crippen LogP contribution is 2.38. The number of hydrogen-bond donors (Lipinski definition) is 1. The maximum atomic E-state index is 13.9. The highest BCUT2D eigenvalue weighted by molar-refractivity contribution is 5.46. The summed E-state index contributed by atoms with van der Waals surface area (Å²) in [6, 6.07) is 6.08. The van der Waals surface area contributed by atoms with Crippen molar-refractivity contribution in [1.29, 1.82) is 0 Å². The SMILES string of the molecule is Nc1cc(F)c(C2CCc3cccnc32)cc1F. The molecular formula is C14H12F2N2. The van der Waals surface area contributed by atoms with E-state index in [-0.39, 0.29) is 11.6 Å². The van der Waals surface area contributed by atoms with Crippen LogP contribution in [0.25, 0.3) is 0 Å². The molecule has 0 fully saturated rings. The van der Waals surface area contributed by atoms with E-state index in [0.29, 0.717) is 5.56 Å². The molecule has 0 radical (unpaired) electrons. The van der Waals surface area contributed by atoms with Gasteiger partial charge in [-0.2, -0.15) is 0 Å². The molecule has 0 saturated carbocycles. The number of nitrogens with two attached hydrogens (primary N) is 1. The first kappa shape index (κ1) is 11.1. The van der Waals surface area contributed by atoms with Crippen LogP contribution in [0.15, 0.2) is 30.5 Å². The summed E-state index contributed by atoms with van der Waals surface area (Å²) in [6.07, 6.45) is 3.29. The molecule has 2 aromatic rings. The molecule has 1 heterocycles. The topological polar surface area (TPSA) is 38.9 Å². The Kier molecular flexibility index (Phi) is 2.51. The first-order valence-electron chi connectivity index (χ1n) is 5.85. The third-order valence-corrected chi connectivity index (χ3v) is 3.45. The number of anilines is 1. The van der Waals surface area contributed by atoms with Gasteiger partial charge in [-0.05, 0) is 36.1 Å². The number of aromatic nitrogens is 1. The Hall–Kier alpha value is -1.97. The molecule has 0 bridgehead atoms. The molecule has 18 heavy (non-hydrogen) atoms. The maximum absolute atomic E-state index is 13.9. The van der Waals surface area contributed by atoms with E-state index >= 15 is 0 Å². The lowest BCUT2D eigenvalue weighted by atomic mass is 9.95. The van der Waals surface area contributed by atoms with Crippen molar-refractivity contribution >= 4 is 5.69 Å². The van der Waals surface area contributed by atoms with Gasteiger partial charge in [-0.25, -0.2) is 8.78 Å². The predicted octanol–water partition coefficient (Wildman–Crippen LogP) is 3.02. The van der Waals surface area contributed by atoms with Gasteiger partial charge in [-0.1, -0.05) is 6.07 Å². The lowest BCUT2D eigenvalue weighted by molar-refractivity contribution is 0.574. The van der Waals surface area contributed by atoms with Gasteiger partial charge in [0.05, 0.1) is 11.4 Å². The van der Waals surface area contributed by atoms with Crippen molar-refractivity contribution in [1.82, 2.24) is 4.98 Å². The zero-order valence-electron chi connectivity index (χ0n) is 9.66. The zero-order valence-corrected chi connectivity index (χ0v) is 9.66. The lowest BCUT2D eigenvalue weighted by Crippen LogP contribution is -2.04. The zero-order chi connectivity index (χ0) is 12.7. The summed E-state index contributed by atoms with van der Waals surface area (Å²) < 4.78 is 27.4. The Labute approximate surface area is 103 Å². The number of nitrogens with zero attached hydrogens (tertiary/aromatic N) is 1. The number of nitrogen functional groups attached to an aromatic ring is 1. The molecule has 1 aromatic heterocycles. The van der Waals surface area contributed by atoms with Gasteiger partial charge in [0.25, 0.3) is 0 Å². The first-order chi connectivity index (χ1) is 8.66. The maximum Gasteiger partial charge on any atom is 0.146 e. The fourth-order valence-corrected chi connectivity index (χ4v) is 2.56. The minimum Gasteiger partial charge on any atom is -0.396 e. The van der Waals surface area contributed by atoms with Crippen LogP contribution in [0.3, 0.4) is 0 Å².